The van der Waals surface area contributed by atoms with Gasteiger partial charge in [-0.1, -0.05) is 43.6 Å². The van der Waals surface area contributed by atoms with Gasteiger partial charge < -0.3 is 18.8 Å². The van der Waals surface area contributed by atoms with E-state index in [0.29, 0.717) is 24.3 Å². The number of benzene rings is 2. The minimum atomic E-state index is -4.94. The van der Waals surface area contributed by atoms with Crippen LogP contribution >= 0.6 is 15.9 Å². The Morgan fingerprint density at radius 2 is 0.938 bits per heavy atom. The number of carbonyl (C=O) groups excluding carboxylic acids is 2. The van der Waals surface area contributed by atoms with E-state index in [9.17, 15) is 62.3 Å². The number of amides is 1. The summed E-state index contributed by atoms with van der Waals surface area (Å²) in [5.74, 6) is -1.45. The van der Waals surface area contributed by atoms with Crippen molar-refractivity contribution in [3.8, 4) is 0 Å². The summed E-state index contributed by atoms with van der Waals surface area (Å²) in [7, 11) is 3.07. The minimum absolute atomic E-state index is 0. The maximum atomic E-state index is 12.5. The van der Waals surface area contributed by atoms with Gasteiger partial charge in [0.25, 0.3) is 0 Å². The Bertz CT molecular complexity index is 1200. The molecule has 0 aliphatic carbocycles. The molecule has 0 saturated heterocycles. The van der Waals surface area contributed by atoms with Crippen LogP contribution in [0.5, 0.6) is 0 Å². The van der Waals surface area contributed by atoms with E-state index >= 15 is 0 Å². The van der Waals surface area contributed by atoms with Crippen molar-refractivity contribution in [3.05, 3.63) is 75.1 Å². The van der Waals surface area contributed by atoms with Crippen LogP contribution < -0.4 is 12.4 Å². The number of hydrogen-bond donors (Lipinski definition) is 0. The molecule has 1 amide bonds. The fourth-order valence-electron chi connectivity index (χ4n) is 2.80. The summed E-state index contributed by atoms with van der Waals surface area (Å²) in [6.07, 6.45) is -17.5. The van der Waals surface area contributed by atoms with Crippen molar-refractivity contribution in [2.45, 2.75) is 66.2 Å². The van der Waals surface area contributed by atoms with Crippen molar-refractivity contribution in [2.75, 3.05) is 14.2 Å². The number of alkyl halides is 12. The van der Waals surface area contributed by atoms with Crippen LogP contribution in [0.25, 0.3) is 0 Å². The number of halogens is 14. The quantitative estimate of drug-likeness (QED) is 0.105. The molecule has 0 unspecified atom stereocenters. The summed E-state index contributed by atoms with van der Waals surface area (Å²) < 4.78 is 148. The minimum Gasteiger partial charge on any atom is -1.00 e. The van der Waals surface area contributed by atoms with E-state index in [2.05, 4.69) is 20.8 Å². The molecule has 2 aromatic carbocycles. The standard InChI is InChI=1S/C12H10F6O.C8H3BrF6.C6H13NO2.C3H7.ClH.Mg/c1-6(2)10(19)7-3-8(11(13,14)15)5-9(4-7)12(16,17)18;9-6-2-4(7(10,11)12)1-5(3-6)8(13,14)15;1-5(2)6(8)7(3)9-4;1-3-2;;/h3-6H,1-2H3;1-3H;5H,1-4H3;3H,1-2H3;1H;/q;;;-1;;+2/p-1. The first-order chi connectivity index (χ1) is 20.5. The van der Waals surface area contributed by atoms with Gasteiger partial charge >= 0.3 is 47.8 Å². The van der Waals surface area contributed by atoms with E-state index in [0.717, 1.165) is 0 Å². The SMILES string of the molecule is CC(C)C(=O)c1cc(C(F)(F)F)cc(C(F)(F)F)c1.CON(C)C(=O)C(C)C.C[CH-]C.FC(F)(F)c1cc(Br)cc(C(F)(F)F)c1.[Cl-].[Mg+2]. The van der Waals surface area contributed by atoms with Crippen LogP contribution in [0.3, 0.4) is 0 Å². The third-order valence-corrected chi connectivity index (χ3v) is 5.48. The maximum Gasteiger partial charge on any atom is 2.00 e. The predicted molar refractivity (Wildman–Crippen MR) is 156 cm³/mol. The van der Waals surface area contributed by atoms with Crippen molar-refractivity contribution < 1.29 is 79.5 Å². The number of hydroxylamine groups is 2. The third-order valence-electron chi connectivity index (χ3n) is 5.03. The van der Waals surface area contributed by atoms with Crippen LogP contribution in [-0.4, -0.2) is 54.0 Å². The predicted octanol–water partition coefficient (Wildman–Crippen LogP) is 7.57. The first-order valence-electron chi connectivity index (χ1n) is 12.9. The molecule has 0 bridgehead atoms. The maximum absolute atomic E-state index is 12.5. The van der Waals surface area contributed by atoms with Crippen LogP contribution in [0.2, 0.25) is 0 Å². The Morgan fingerprint density at radius 1 is 0.667 bits per heavy atom. The molecule has 0 aliphatic heterocycles. The number of nitrogens with zero attached hydrogens (tertiary/aromatic N) is 1. The average molecular weight is 811 g/mol. The van der Waals surface area contributed by atoms with E-state index in [1.54, 1.807) is 7.05 Å². The van der Waals surface area contributed by atoms with Gasteiger partial charge in [-0.15, -0.1) is 0 Å². The van der Waals surface area contributed by atoms with Crippen LogP contribution in [0.1, 0.15) is 74.2 Å². The normalized spacial score (nSPS) is 11.4. The molecule has 19 heteroatoms. The fraction of sp³-hybridized carbons (Fsp3) is 0.483. The van der Waals surface area contributed by atoms with Crippen molar-refractivity contribution in [2.24, 2.45) is 11.8 Å². The number of carbonyl (C=O) groups is 2. The summed E-state index contributed by atoms with van der Waals surface area (Å²) in [4.78, 5) is 27.1. The summed E-state index contributed by atoms with van der Waals surface area (Å²) in [6, 6.07) is 2.14. The van der Waals surface area contributed by atoms with Gasteiger partial charge in [0.15, 0.2) is 5.78 Å². The Kier molecular flexibility index (Phi) is 24.5. The molecule has 0 heterocycles. The zero-order chi connectivity index (χ0) is 37.0. The number of ketones is 1. The molecular weight excluding hydrogens is 778 g/mol. The molecule has 2 aromatic rings. The molecule has 4 nitrogen and oxygen atoms in total. The van der Waals surface area contributed by atoms with E-state index in [1.165, 1.54) is 26.0 Å². The number of rotatable bonds is 4. The molecule has 0 atom stereocenters. The van der Waals surface area contributed by atoms with Gasteiger partial charge in [0.1, 0.15) is 0 Å². The second-order valence-electron chi connectivity index (χ2n) is 9.79. The Morgan fingerprint density at radius 3 is 1.12 bits per heavy atom. The largest absolute Gasteiger partial charge is 2.00 e. The van der Waals surface area contributed by atoms with Gasteiger partial charge in [-0.2, -0.15) is 66.5 Å². The molecule has 48 heavy (non-hydrogen) atoms. The van der Waals surface area contributed by atoms with Crippen molar-refractivity contribution in [1.29, 1.82) is 0 Å². The molecule has 0 saturated carbocycles. The zero-order valence-corrected chi connectivity index (χ0v) is 30.6. The number of Topliss-reactive ketones (excluding diaryl/α,β-unsaturated/α-hetero) is 1. The van der Waals surface area contributed by atoms with Crippen molar-refractivity contribution in [1.82, 2.24) is 5.06 Å². The van der Waals surface area contributed by atoms with Gasteiger partial charge in [0.2, 0.25) is 5.91 Å². The van der Waals surface area contributed by atoms with Crippen LogP contribution in [0, 0.1) is 18.3 Å². The molecule has 0 aliphatic rings. The molecule has 2 rings (SSSR count). The molecular formula is C29H33BrClF12MgNO3. The number of hydrogen-bond acceptors (Lipinski definition) is 3. The molecule has 0 aromatic heterocycles. The van der Waals surface area contributed by atoms with Gasteiger partial charge in [-0.3, -0.25) is 14.4 Å². The summed E-state index contributed by atoms with van der Waals surface area (Å²) in [5, 5.41) is 1.23. The average Bonchev–Trinajstić information content (AvgIpc) is 2.90. The molecule has 0 spiro atoms. The van der Waals surface area contributed by atoms with E-state index in [-0.39, 0.29) is 63.9 Å². The summed E-state index contributed by atoms with van der Waals surface area (Å²) >= 11 is 2.60. The van der Waals surface area contributed by atoms with Crippen LogP contribution in [-0.2, 0) is 34.3 Å². The molecule has 0 N–H and O–H groups in total. The topological polar surface area (TPSA) is 46.6 Å². The van der Waals surface area contributed by atoms with Gasteiger partial charge in [-0.05, 0) is 36.4 Å². The first kappa shape index (κ1) is 53.0. The Labute approximate surface area is 301 Å². The van der Waals surface area contributed by atoms with Crippen LogP contribution in [0.15, 0.2) is 40.9 Å². The van der Waals surface area contributed by atoms with Crippen molar-refractivity contribution in [3.63, 3.8) is 0 Å². The first-order valence-corrected chi connectivity index (χ1v) is 13.7. The van der Waals surface area contributed by atoms with Gasteiger partial charge in [0, 0.05) is 28.9 Å². The smallest absolute Gasteiger partial charge is 1.00 e. The fourth-order valence-corrected chi connectivity index (χ4v) is 3.29. The van der Waals surface area contributed by atoms with E-state index in [4.69, 9.17) is 0 Å². The van der Waals surface area contributed by atoms with Gasteiger partial charge in [0.05, 0.1) is 29.4 Å². The van der Waals surface area contributed by atoms with E-state index < -0.39 is 64.2 Å². The summed E-state index contributed by atoms with van der Waals surface area (Å²) in [6.45, 7) is 10.5. The van der Waals surface area contributed by atoms with Crippen molar-refractivity contribution >= 4 is 50.7 Å². The Hall–Kier alpha value is -1.76. The molecule has 272 valence electrons. The molecule has 0 fully saturated rings. The summed E-state index contributed by atoms with van der Waals surface area (Å²) in [5.41, 5.74) is -6.21. The Balaban J connectivity index is -0.000000299. The van der Waals surface area contributed by atoms with Gasteiger partial charge in [-0.25, -0.2) is 5.06 Å². The zero-order valence-electron chi connectivity index (χ0n) is 26.9. The third kappa shape index (κ3) is 20.0. The second kappa shape index (κ2) is 22.1. The monoisotopic (exact) mass is 809 g/mol. The molecule has 0 radical (unpaired) electrons. The van der Waals surface area contributed by atoms with Crippen LogP contribution in [0.4, 0.5) is 52.7 Å². The second-order valence-corrected chi connectivity index (χ2v) is 10.7. The van der Waals surface area contributed by atoms with E-state index in [1.807, 2.05) is 34.1 Å².